The molecule has 3 aliphatic rings. The van der Waals surface area contributed by atoms with Gasteiger partial charge in [-0.1, -0.05) is 62.9 Å². The van der Waals surface area contributed by atoms with E-state index in [1.54, 1.807) is 6.07 Å². The van der Waals surface area contributed by atoms with Crippen molar-refractivity contribution in [3.8, 4) is 0 Å². The van der Waals surface area contributed by atoms with Crippen LogP contribution in [0.15, 0.2) is 87.7 Å². The molecule has 2 N–H and O–H groups in total. The molecule has 0 saturated carbocycles. The minimum Gasteiger partial charge on any atom is -0.487 e. The summed E-state index contributed by atoms with van der Waals surface area (Å²) < 4.78 is 73.7. The monoisotopic (exact) mass is 743 g/mol. The van der Waals surface area contributed by atoms with Crippen LogP contribution in [0.1, 0.15) is 83.4 Å². The SMILES string of the molecule is CCCCCN1C(=CC=C2OCC(C=CC3=[N+](CCCCS(=O)(=O)O)c4ccc(S(=O)(=O)O)cc4C3(C)C)=C2Cl)C(C)(C)c2cc(C)ccc21. The van der Waals surface area contributed by atoms with Crippen LogP contribution in [0.5, 0.6) is 0 Å². The molecule has 3 heterocycles. The van der Waals surface area contributed by atoms with Gasteiger partial charge in [-0.3, -0.25) is 9.11 Å². The zero-order valence-corrected chi connectivity index (χ0v) is 32.1. The van der Waals surface area contributed by atoms with E-state index in [2.05, 4.69) is 56.9 Å². The van der Waals surface area contributed by atoms with E-state index in [1.807, 2.05) is 36.7 Å². The Hall–Kier alpha value is -3.22. The molecule has 0 radical (unpaired) electrons. The first-order valence-corrected chi connectivity index (χ1v) is 20.5. The van der Waals surface area contributed by atoms with Gasteiger partial charge in [-0.25, -0.2) is 0 Å². The normalized spacial score (nSPS) is 20.1. The lowest BCUT2D eigenvalue weighted by atomic mass is 9.81. The van der Waals surface area contributed by atoms with E-state index < -0.39 is 25.7 Å². The van der Waals surface area contributed by atoms with Crippen LogP contribution in [0.25, 0.3) is 0 Å². The Kier molecular flexibility index (Phi) is 11.0. The molecular formula is C38H48ClN2O7S2+. The van der Waals surface area contributed by atoms with Crippen LogP contribution in [0.3, 0.4) is 0 Å². The lowest BCUT2D eigenvalue weighted by Gasteiger charge is -2.27. The molecule has 0 atom stereocenters. The summed E-state index contributed by atoms with van der Waals surface area (Å²) in [6.45, 7) is 14.4. The molecule has 5 rings (SSSR count). The quantitative estimate of drug-likeness (QED) is 0.120. The molecule has 9 nitrogen and oxygen atoms in total. The van der Waals surface area contributed by atoms with Crippen molar-refractivity contribution in [1.29, 1.82) is 0 Å². The van der Waals surface area contributed by atoms with E-state index in [1.165, 1.54) is 34.6 Å². The number of anilines is 1. The molecule has 2 aromatic carbocycles. The lowest BCUT2D eigenvalue weighted by molar-refractivity contribution is -0.438. The van der Waals surface area contributed by atoms with E-state index in [0.717, 1.165) is 42.8 Å². The molecule has 0 aliphatic carbocycles. The van der Waals surface area contributed by atoms with Gasteiger partial charge in [0.2, 0.25) is 5.69 Å². The topological polar surface area (TPSA) is 124 Å². The van der Waals surface area contributed by atoms with Gasteiger partial charge in [-0.2, -0.15) is 21.4 Å². The Bertz CT molecular complexity index is 2060. The van der Waals surface area contributed by atoms with Gasteiger partial charge in [0.1, 0.15) is 18.9 Å². The van der Waals surface area contributed by atoms with E-state index in [-0.39, 0.29) is 29.1 Å². The van der Waals surface area contributed by atoms with Crippen molar-refractivity contribution in [2.24, 2.45) is 0 Å². The molecule has 0 aromatic heterocycles. The highest BCUT2D eigenvalue weighted by Gasteiger charge is 2.45. The van der Waals surface area contributed by atoms with Gasteiger partial charge in [0.25, 0.3) is 20.2 Å². The van der Waals surface area contributed by atoms with Gasteiger partial charge in [-0.05, 0) is 75.6 Å². The summed E-state index contributed by atoms with van der Waals surface area (Å²) in [5.74, 6) is 0.225. The van der Waals surface area contributed by atoms with Crippen molar-refractivity contribution < 1.29 is 35.3 Å². The number of ether oxygens (including phenoxy) is 1. The molecule has 0 bridgehead atoms. The number of halogens is 1. The smallest absolute Gasteiger partial charge is 0.294 e. The zero-order chi connectivity index (χ0) is 36.6. The van der Waals surface area contributed by atoms with Gasteiger partial charge in [0, 0.05) is 53.0 Å². The largest absolute Gasteiger partial charge is 0.487 e. The third-order valence-corrected chi connectivity index (χ3v) is 12.0. The van der Waals surface area contributed by atoms with Crippen LogP contribution in [-0.2, 0) is 35.8 Å². The second-order valence-corrected chi connectivity index (χ2v) is 17.7. The molecule has 50 heavy (non-hydrogen) atoms. The van der Waals surface area contributed by atoms with Crippen molar-refractivity contribution in [2.45, 2.75) is 89.4 Å². The minimum absolute atomic E-state index is 0.202. The third-order valence-electron chi connectivity index (χ3n) is 9.94. The molecule has 0 saturated heterocycles. The number of fused-ring (bicyclic) bond motifs is 2. The fourth-order valence-corrected chi connectivity index (χ4v) is 8.49. The second-order valence-electron chi connectivity index (χ2n) is 14.4. The fraction of sp³-hybridized carbons (Fsp3) is 0.447. The van der Waals surface area contributed by atoms with Crippen molar-refractivity contribution in [2.75, 3.05) is 30.3 Å². The first-order valence-electron chi connectivity index (χ1n) is 17.1. The number of hydrogen-bond donors (Lipinski definition) is 2. The highest BCUT2D eigenvalue weighted by atomic mass is 35.5. The van der Waals surface area contributed by atoms with Gasteiger partial charge >= 0.3 is 0 Å². The number of nitrogens with zero attached hydrogens (tertiary/aromatic N) is 2. The first-order chi connectivity index (χ1) is 23.4. The summed E-state index contributed by atoms with van der Waals surface area (Å²) in [7, 11) is -8.52. The maximum atomic E-state index is 12.0. The predicted molar refractivity (Wildman–Crippen MR) is 200 cm³/mol. The van der Waals surface area contributed by atoms with Gasteiger partial charge in [-0.15, -0.1) is 0 Å². The van der Waals surface area contributed by atoms with Crippen molar-refractivity contribution in [3.63, 3.8) is 0 Å². The average molecular weight is 744 g/mol. The Morgan fingerprint density at radius 2 is 1.66 bits per heavy atom. The number of unbranched alkanes of at least 4 members (excludes halogenated alkanes) is 3. The molecule has 3 aliphatic heterocycles. The van der Waals surface area contributed by atoms with E-state index >= 15 is 0 Å². The van der Waals surface area contributed by atoms with Crippen molar-refractivity contribution in [1.82, 2.24) is 0 Å². The van der Waals surface area contributed by atoms with Crippen LogP contribution in [0.4, 0.5) is 11.4 Å². The average Bonchev–Trinajstić information content (AvgIpc) is 3.56. The molecule has 0 fully saturated rings. The van der Waals surface area contributed by atoms with Crippen LogP contribution < -0.4 is 4.90 Å². The first kappa shape index (κ1) is 38.0. The summed E-state index contributed by atoms with van der Waals surface area (Å²) in [4.78, 5) is 2.22. The lowest BCUT2D eigenvalue weighted by Crippen LogP contribution is -2.28. The zero-order valence-electron chi connectivity index (χ0n) is 29.7. The molecule has 12 heteroatoms. The van der Waals surface area contributed by atoms with Crippen molar-refractivity contribution in [3.05, 3.63) is 99.5 Å². The van der Waals surface area contributed by atoms with E-state index in [0.29, 0.717) is 29.3 Å². The maximum Gasteiger partial charge on any atom is 0.294 e. The highest BCUT2D eigenvalue weighted by molar-refractivity contribution is 7.86. The Morgan fingerprint density at radius 3 is 2.34 bits per heavy atom. The summed E-state index contributed by atoms with van der Waals surface area (Å²) in [6, 6.07) is 11.1. The number of benzene rings is 2. The molecule has 0 unspecified atom stereocenters. The van der Waals surface area contributed by atoms with Gasteiger partial charge in [0.15, 0.2) is 5.71 Å². The fourth-order valence-electron chi connectivity index (χ4n) is 7.18. The molecule has 0 amide bonds. The number of allylic oxidation sites excluding steroid dienone is 5. The van der Waals surface area contributed by atoms with E-state index in [4.69, 9.17) is 16.3 Å². The second kappa shape index (κ2) is 14.4. The predicted octanol–water partition coefficient (Wildman–Crippen LogP) is 8.12. The third kappa shape index (κ3) is 7.82. The molecular weight excluding hydrogens is 696 g/mol. The van der Waals surface area contributed by atoms with Gasteiger partial charge in [0.05, 0.1) is 21.1 Å². The maximum absolute atomic E-state index is 12.0. The Labute approximate surface area is 302 Å². The molecule has 0 spiro atoms. The highest BCUT2D eigenvalue weighted by Crippen LogP contribution is 2.48. The Balaban J connectivity index is 1.47. The van der Waals surface area contributed by atoms with Crippen molar-refractivity contribution >= 4 is 48.9 Å². The van der Waals surface area contributed by atoms with Crippen LogP contribution in [-0.4, -0.2) is 61.7 Å². The van der Waals surface area contributed by atoms with E-state index in [9.17, 15) is 25.9 Å². The molecule has 270 valence electrons. The minimum atomic E-state index is -4.43. The number of rotatable bonds is 13. The summed E-state index contributed by atoms with van der Waals surface area (Å²) in [6.07, 6.45) is 12.0. The summed E-state index contributed by atoms with van der Waals surface area (Å²) in [5.41, 5.74) is 7.16. The van der Waals surface area contributed by atoms with Gasteiger partial charge < -0.3 is 9.64 Å². The number of aryl methyl sites for hydroxylation is 1. The number of hydrogen-bond acceptors (Lipinski definition) is 6. The molecule has 2 aromatic rings. The summed E-state index contributed by atoms with van der Waals surface area (Å²) in [5, 5.41) is 0.502. The van der Waals surface area contributed by atoms with Crippen LogP contribution in [0.2, 0.25) is 0 Å². The Morgan fingerprint density at radius 1 is 0.920 bits per heavy atom. The summed E-state index contributed by atoms with van der Waals surface area (Å²) >= 11 is 6.94. The standard InChI is InChI=1S/C38H47ClN2O7S2/c1-7-8-9-20-40-31-15-12-26(2)23-29(31)37(3,4)35(40)19-17-33-36(39)27(25-48-33)13-18-34-38(5,6)30-24-28(50(45,46)47)14-16-32(30)41(34)21-10-11-22-49(42,43)44/h12-19,23-24H,7-11,20-22,25H2,1-6H3,(H-,42,43,44,45,46,47)/p+1. The van der Waals surface area contributed by atoms with Crippen LogP contribution >= 0.6 is 11.6 Å². The van der Waals surface area contributed by atoms with Crippen LogP contribution in [0, 0.1) is 6.92 Å².